The molecule has 22 heavy (non-hydrogen) atoms. The van der Waals surface area contributed by atoms with Crippen molar-refractivity contribution in [2.45, 2.75) is 6.92 Å². The third kappa shape index (κ3) is 2.92. The topological polar surface area (TPSA) is 47.0 Å². The fourth-order valence-corrected chi connectivity index (χ4v) is 2.44. The van der Waals surface area contributed by atoms with Crippen LogP contribution >= 0.6 is 11.6 Å². The van der Waals surface area contributed by atoms with Gasteiger partial charge in [-0.15, -0.1) is 0 Å². The van der Waals surface area contributed by atoms with Gasteiger partial charge in [-0.05, 0) is 55.0 Å². The van der Waals surface area contributed by atoms with Crippen LogP contribution in [0.4, 0.5) is 0 Å². The van der Waals surface area contributed by atoms with E-state index in [-0.39, 0.29) is 5.69 Å². The third-order valence-corrected chi connectivity index (χ3v) is 3.52. The lowest BCUT2D eigenvalue weighted by Crippen LogP contribution is -2.13. The van der Waals surface area contributed by atoms with Gasteiger partial charge in [0.1, 0.15) is 5.75 Å². The van der Waals surface area contributed by atoms with Crippen molar-refractivity contribution in [1.29, 1.82) is 0 Å². The Kier molecular flexibility index (Phi) is 4.02. The molecular weight excluding hydrogens is 300 g/mol. The summed E-state index contributed by atoms with van der Waals surface area (Å²) in [6.45, 7) is 2.57. The number of hydrogen-bond donors (Lipinski definition) is 1. The van der Waals surface area contributed by atoms with E-state index in [0.29, 0.717) is 11.6 Å². The normalized spacial score (nSPS) is 10.6. The van der Waals surface area contributed by atoms with Crippen molar-refractivity contribution in [2.24, 2.45) is 0 Å². The zero-order chi connectivity index (χ0) is 15.5. The number of hydrogen-bond acceptors (Lipinski definition) is 2. The molecule has 2 aromatic carbocycles. The number of nitrogens with zero attached hydrogens (tertiary/aromatic N) is 1. The van der Waals surface area contributed by atoms with E-state index in [1.165, 1.54) is 4.57 Å². The van der Waals surface area contributed by atoms with Crippen LogP contribution in [-0.2, 0) is 0 Å². The molecule has 1 heterocycles. The van der Waals surface area contributed by atoms with E-state index in [0.717, 1.165) is 22.7 Å². The summed E-state index contributed by atoms with van der Waals surface area (Å²) in [7, 11) is 0. The summed E-state index contributed by atoms with van der Waals surface area (Å²) in [5, 5.41) is 0.591. The summed E-state index contributed by atoms with van der Waals surface area (Å²) < 4.78 is 6.96. The molecule has 0 saturated carbocycles. The largest absolute Gasteiger partial charge is 0.494 e. The van der Waals surface area contributed by atoms with Gasteiger partial charge in [-0.2, -0.15) is 0 Å². The molecule has 4 nitrogen and oxygen atoms in total. The van der Waals surface area contributed by atoms with Crippen LogP contribution in [0.25, 0.3) is 16.9 Å². The maximum absolute atomic E-state index is 12.1. The van der Waals surface area contributed by atoms with Gasteiger partial charge < -0.3 is 9.72 Å². The van der Waals surface area contributed by atoms with Crippen LogP contribution in [-0.4, -0.2) is 16.2 Å². The lowest BCUT2D eigenvalue weighted by molar-refractivity contribution is 0.340. The molecule has 0 saturated heterocycles. The van der Waals surface area contributed by atoms with E-state index in [1.54, 1.807) is 18.3 Å². The lowest BCUT2D eigenvalue weighted by Gasteiger charge is -2.03. The molecule has 0 amide bonds. The highest BCUT2D eigenvalue weighted by Gasteiger charge is 2.07. The van der Waals surface area contributed by atoms with E-state index >= 15 is 0 Å². The molecule has 0 aliphatic carbocycles. The van der Waals surface area contributed by atoms with Crippen LogP contribution in [0.2, 0.25) is 5.02 Å². The fraction of sp³-hybridized carbons (Fsp3) is 0.118. The zero-order valence-electron chi connectivity index (χ0n) is 12.0. The molecule has 3 rings (SSSR count). The first-order valence-corrected chi connectivity index (χ1v) is 7.36. The molecule has 5 heteroatoms. The van der Waals surface area contributed by atoms with Crippen LogP contribution in [0.1, 0.15) is 6.92 Å². The minimum absolute atomic E-state index is 0.203. The molecular formula is C17H15ClN2O2. The molecule has 0 atom stereocenters. The zero-order valence-corrected chi connectivity index (χ0v) is 12.8. The van der Waals surface area contributed by atoms with Crippen molar-refractivity contribution in [3.8, 4) is 22.7 Å². The van der Waals surface area contributed by atoms with E-state index in [1.807, 2.05) is 43.3 Å². The summed E-state index contributed by atoms with van der Waals surface area (Å²) in [5.74, 6) is 0.808. The predicted molar refractivity (Wildman–Crippen MR) is 88.0 cm³/mol. The van der Waals surface area contributed by atoms with E-state index in [2.05, 4.69) is 4.98 Å². The number of nitrogens with one attached hydrogen (secondary N) is 1. The fourth-order valence-electron chi connectivity index (χ4n) is 2.26. The highest BCUT2D eigenvalue weighted by Crippen LogP contribution is 2.21. The standard InChI is InChI=1S/C17H15ClN2O2/c1-2-22-15-8-6-12(7-9-15)16-11-20(17(21)19-16)14-5-3-4-13(18)10-14/h3-11H,2H2,1H3,(H,19,21). The highest BCUT2D eigenvalue weighted by molar-refractivity contribution is 6.30. The van der Waals surface area contributed by atoms with E-state index in [9.17, 15) is 4.79 Å². The minimum atomic E-state index is -0.203. The van der Waals surface area contributed by atoms with Gasteiger partial charge in [-0.1, -0.05) is 17.7 Å². The molecule has 0 fully saturated rings. The lowest BCUT2D eigenvalue weighted by atomic mass is 10.1. The number of aromatic amines is 1. The number of halogens is 1. The number of ether oxygens (including phenoxy) is 1. The molecule has 0 unspecified atom stereocenters. The molecule has 1 N–H and O–H groups in total. The van der Waals surface area contributed by atoms with Gasteiger partial charge in [-0.3, -0.25) is 4.57 Å². The second kappa shape index (κ2) is 6.12. The van der Waals surface area contributed by atoms with Crippen molar-refractivity contribution >= 4 is 11.6 Å². The van der Waals surface area contributed by atoms with Gasteiger partial charge in [0.15, 0.2) is 0 Å². The maximum Gasteiger partial charge on any atom is 0.330 e. The van der Waals surface area contributed by atoms with Gasteiger partial charge in [-0.25, -0.2) is 4.79 Å². The molecule has 0 spiro atoms. The first-order valence-electron chi connectivity index (χ1n) is 6.98. The van der Waals surface area contributed by atoms with Gasteiger partial charge in [0, 0.05) is 11.2 Å². The first kappa shape index (κ1) is 14.5. The van der Waals surface area contributed by atoms with Crippen molar-refractivity contribution in [1.82, 2.24) is 9.55 Å². The average Bonchev–Trinajstić information content (AvgIpc) is 2.90. The Balaban J connectivity index is 1.97. The molecule has 0 radical (unpaired) electrons. The number of aromatic nitrogens is 2. The Morgan fingerprint density at radius 3 is 2.64 bits per heavy atom. The minimum Gasteiger partial charge on any atom is -0.494 e. The highest BCUT2D eigenvalue weighted by atomic mass is 35.5. The monoisotopic (exact) mass is 314 g/mol. The Morgan fingerprint density at radius 2 is 1.95 bits per heavy atom. The molecule has 0 aliphatic heterocycles. The van der Waals surface area contributed by atoms with Crippen LogP contribution < -0.4 is 10.4 Å². The quantitative estimate of drug-likeness (QED) is 0.794. The molecule has 0 bridgehead atoms. The Morgan fingerprint density at radius 1 is 1.18 bits per heavy atom. The molecule has 0 aliphatic rings. The summed E-state index contributed by atoms with van der Waals surface area (Å²) in [4.78, 5) is 15.0. The number of benzene rings is 2. The second-order valence-electron chi connectivity index (χ2n) is 4.78. The molecule has 112 valence electrons. The van der Waals surface area contributed by atoms with Crippen molar-refractivity contribution in [3.63, 3.8) is 0 Å². The summed E-state index contributed by atoms with van der Waals surface area (Å²) in [5.41, 5.74) is 2.19. The summed E-state index contributed by atoms with van der Waals surface area (Å²) >= 11 is 5.98. The second-order valence-corrected chi connectivity index (χ2v) is 5.22. The van der Waals surface area contributed by atoms with Crippen LogP contribution in [0, 0.1) is 0 Å². The third-order valence-electron chi connectivity index (χ3n) is 3.28. The van der Waals surface area contributed by atoms with Gasteiger partial charge in [0.05, 0.1) is 18.0 Å². The van der Waals surface area contributed by atoms with Crippen LogP contribution in [0.3, 0.4) is 0 Å². The Hall–Kier alpha value is -2.46. The maximum atomic E-state index is 12.1. The van der Waals surface area contributed by atoms with Crippen molar-refractivity contribution < 1.29 is 4.74 Å². The SMILES string of the molecule is CCOc1ccc(-c2cn(-c3cccc(Cl)c3)c(=O)[nH]2)cc1. The Bertz CT molecular complexity index is 834. The van der Waals surface area contributed by atoms with Gasteiger partial charge in [0.2, 0.25) is 0 Å². The van der Waals surface area contributed by atoms with Crippen molar-refractivity contribution in [2.75, 3.05) is 6.61 Å². The Labute approximate surface area is 132 Å². The molecule has 1 aromatic heterocycles. The average molecular weight is 315 g/mol. The van der Waals surface area contributed by atoms with Gasteiger partial charge in [0.25, 0.3) is 0 Å². The van der Waals surface area contributed by atoms with Crippen molar-refractivity contribution in [3.05, 3.63) is 70.2 Å². The smallest absolute Gasteiger partial charge is 0.330 e. The first-order chi connectivity index (χ1) is 10.7. The van der Waals surface area contributed by atoms with Gasteiger partial charge >= 0.3 is 5.69 Å². The van der Waals surface area contributed by atoms with Crippen LogP contribution in [0.15, 0.2) is 59.5 Å². The summed E-state index contributed by atoms with van der Waals surface area (Å²) in [6, 6.07) is 14.8. The van der Waals surface area contributed by atoms with E-state index in [4.69, 9.17) is 16.3 Å². The summed E-state index contributed by atoms with van der Waals surface area (Å²) in [6.07, 6.45) is 1.77. The van der Waals surface area contributed by atoms with Crippen LogP contribution in [0.5, 0.6) is 5.75 Å². The number of imidazole rings is 1. The predicted octanol–water partition coefficient (Wildman–Crippen LogP) is 3.88. The molecule has 3 aromatic rings. The number of rotatable bonds is 4. The number of H-pyrrole nitrogens is 1. The van der Waals surface area contributed by atoms with E-state index < -0.39 is 0 Å².